The van der Waals surface area contributed by atoms with Crippen LogP contribution in [0.3, 0.4) is 0 Å². The summed E-state index contributed by atoms with van der Waals surface area (Å²) >= 11 is 1.45. The molecule has 0 amide bonds. The van der Waals surface area contributed by atoms with Gasteiger partial charge in [-0.15, -0.1) is 11.3 Å². The summed E-state index contributed by atoms with van der Waals surface area (Å²) in [6.07, 6.45) is 0. The van der Waals surface area contributed by atoms with Gasteiger partial charge in [0.25, 0.3) is 0 Å². The molecule has 14 heavy (non-hydrogen) atoms. The van der Waals surface area contributed by atoms with E-state index in [-0.39, 0.29) is 13.2 Å². The fourth-order valence-electron chi connectivity index (χ4n) is 1.13. The average Bonchev–Trinajstić information content (AvgIpc) is 2.42. The Balaban J connectivity index is 2.98. The van der Waals surface area contributed by atoms with Crippen LogP contribution in [0.25, 0.3) is 0 Å². The highest BCUT2D eigenvalue weighted by Gasteiger charge is 2.17. The monoisotopic (exact) mass is 235 g/mol. The lowest BCUT2D eigenvalue weighted by atomic mass is 10.4. The van der Waals surface area contributed by atoms with Crippen LogP contribution in [0, 0.1) is 13.8 Å². The molecule has 1 aromatic heterocycles. The number of nitrogens with one attached hydrogen (secondary N) is 1. The third-order valence-corrected chi connectivity index (χ3v) is 4.37. The number of hydrogen-bond acceptors (Lipinski definition) is 4. The summed E-state index contributed by atoms with van der Waals surface area (Å²) in [5, 5.41) is 8.53. The summed E-state index contributed by atoms with van der Waals surface area (Å²) in [5.41, 5.74) is 0. The van der Waals surface area contributed by atoms with Gasteiger partial charge in [0.05, 0.1) is 11.5 Å². The first-order chi connectivity index (χ1) is 6.47. The number of aryl methyl sites for hydroxylation is 2. The molecule has 80 valence electrons. The van der Waals surface area contributed by atoms with Gasteiger partial charge in [-0.05, 0) is 19.9 Å². The normalized spacial score (nSPS) is 11.9. The third kappa shape index (κ3) is 2.54. The van der Waals surface area contributed by atoms with E-state index in [2.05, 4.69) is 4.72 Å². The molecule has 0 fully saturated rings. The summed E-state index contributed by atoms with van der Waals surface area (Å²) in [6, 6.07) is 1.64. The summed E-state index contributed by atoms with van der Waals surface area (Å²) in [7, 11) is -3.43. The summed E-state index contributed by atoms with van der Waals surface area (Å²) in [4.78, 5) is 2.05. The fraction of sp³-hybridized carbons (Fsp3) is 0.500. The molecule has 0 aliphatic heterocycles. The van der Waals surface area contributed by atoms with Gasteiger partial charge in [0.2, 0.25) is 10.0 Å². The van der Waals surface area contributed by atoms with Crippen LogP contribution in [0.4, 0.5) is 0 Å². The Hall–Kier alpha value is -0.430. The lowest BCUT2D eigenvalue weighted by Gasteiger charge is -2.03. The molecule has 0 saturated carbocycles. The van der Waals surface area contributed by atoms with Crippen LogP contribution in [-0.4, -0.2) is 26.7 Å². The zero-order valence-electron chi connectivity index (χ0n) is 8.07. The predicted molar refractivity (Wildman–Crippen MR) is 56.1 cm³/mol. The van der Waals surface area contributed by atoms with Gasteiger partial charge in [0, 0.05) is 16.3 Å². The number of aliphatic hydroxyl groups excluding tert-OH is 1. The summed E-state index contributed by atoms with van der Waals surface area (Å²) in [6.45, 7) is 3.49. The fourth-order valence-corrected chi connectivity index (χ4v) is 3.71. The molecular formula is C8H13NO3S2. The van der Waals surface area contributed by atoms with Crippen molar-refractivity contribution in [3.8, 4) is 0 Å². The minimum atomic E-state index is -3.43. The quantitative estimate of drug-likeness (QED) is 0.804. The smallest absolute Gasteiger partial charge is 0.241 e. The van der Waals surface area contributed by atoms with Gasteiger partial charge in [0.1, 0.15) is 0 Å². The predicted octanol–water partition coefficient (Wildman–Crippen LogP) is 0.636. The van der Waals surface area contributed by atoms with Crippen LogP contribution in [0.15, 0.2) is 11.0 Å². The van der Waals surface area contributed by atoms with Crippen molar-refractivity contribution in [1.82, 2.24) is 4.72 Å². The maximum Gasteiger partial charge on any atom is 0.241 e. The first kappa shape index (κ1) is 11.6. The molecular weight excluding hydrogens is 222 g/mol. The highest BCUT2D eigenvalue weighted by atomic mass is 32.2. The average molecular weight is 235 g/mol. The molecule has 1 rings (SSSR count). The second-order valence-electron chi connectivity index (χ2n) is 2.90. The van der Waals surface area contributed by atoms with Crippen LogP contribution < -0.4 is 4.72 Å². The zero-order chi connectivity index (χ0) is 10.8. The Morgan fingerprint density at radius 1 is 1.50 bits per heavy atom. The Morgan fingerprint density at radius 2 is 2.14 bits per heavy atom. The van der Waals surface area contributed by atoms with Crippen molar-refractivity contribution in [3.05, 3.63) is 15.8 Å². The zero-order valence-corrected chi connectivity index (χ0v) is 9.70. The Bertz CT molecular complexity index is 408. The van der Waals surface area contributed by atoms with E-state index in [0.29, 0.717) is 4.90 Å². The topological polar surface area (TPSA) is 66.4 Å². The maximum atomic E-state index is 11.6. The van der Waals surface area contributed by atoms with Crippen molar-refractivity contribution in [3.63, 3.8) is 0 Å². The molecule has 0 radical (unpaired) electrons. The molecule has 1 heterocycles. The molecule has 2 N–H and O–H groups in total. The van der Waals surface area contributed by atoms with Crippen LogP contribution in [0.5, 0.6) is 0 Å². The van der Waals surface area contributed by atoms with Crippen molar-refractivity contribution in [2.45, 2.75) is 18.7 Å². The lowest BCUT2D eigenvalue weighted by molar-refractivity contribution is 0.301. The molecule has 0 atom stereocenters. The third-order valence-electron chi connectivity index (χ3n) is 1.69. The van der Waals surface area contributed by atoms with Gasteiger partial charge in [-0.2, -0.15) is 0 Å². The standard InChI is InChI=1S/C8H13NO3S2/c1-6-5-8(7(2)13-6)14(11,12)9-3-4-10/h5,9-10H,3-4H2,1-2H3. The number of hydrogen-bond donors (Lipinski definition) is 2. The molecule has 1 aromatic rings. The molecule has 6 heteroatoms. The highest BCUT2D eigenvalue weighted by Crippen LogP contribution is 2.24. The molecule has 0 aliphatic carbocycles. The number of aliphatic hydroxyl groups is 1. The molecule has 0 unspecified atom stereocenters. The van der Waals surface area contributed by atoms with E-state index in [9.17, 15) is 8.42 Å². The molecule has 0 saturated heterocycles. The first-order valence-electron chi connectivity index (χ1n) is 4.15. The molecule has 0 aliphatic rings. The van der Waals surface area contributed by atoms with E-state index in [1.807, 2.05) is 6.92 Å². The van der Waals surface area contributed by atoms with E-state index in [1.54, 1.807) is 13.0 Å². The molecule has 0 spiro atoms. The first-order valence-corrected chi connectivity index (χ1v) is 6.45. The number of sulfonamides is 1. The van der Waals surface area contributed by atoms with Crippen LogP contribution in [-0.2, 0) is 10.0 Å². The van der Waals surface area contributed by atoms with Gasteiger partial charge in [0.15, 0.2) is 0 Å². The molecule has 0 bridgehead atoms. The van der Waals surface area contributed by atoms with Crippen molar-refractivity contribution in [1.29, 1.82) is 0 Å². The van der Waals surface area contributed by atoms with E-state index in [1.165, 1.54) is 11.3 Å². The van der Waals surface area contributed by atoms with Gasteiger partial charge in [-0.25, -0.2) is 13.1 Å². The van der Waals surface area contributed by atoms with Crippen LogP contribution in [0.2, 0.25) is 0 Å². The second kappa shape index (κ2) is 4.39. The van der Waals surface area contributed by atoms with E-state index in [0.717, 1.165) is 9.75 Å². The van der Waals surface area contributed by atoms with E-state index in [4.69, 9.17) is 5.11 Å². The van der Waals surface area contributed by atoms with Crippen LogP contribution in [0.1, 0.15) is 9.75 Å². The number of rotatable bonds is 4. The van der Waals surface area contributed by atoms with Crippen LogP contribution >= 0.6 is 11.3 Å². The molecule has 0 aromatic carbocycles. The van der Waals surface area contributed by atoms with Crippen molar-refractivity contribution in [2.75, 3.05) is 13.2 Å². The largest absolute Gasteiger partial charge is 0.395 e. The summed E-state index contributed by atoms with van der Waals surface area (Å²) in [5.74, 6) is 0. The van der Waals surface area contributed by atoms with E-state index < -0.39 is 10.0 Å². The van der Waals surface area contributed by atoms with Crippen molar-refractivity contribution < 1.29 is 13.5 Å². The minimum Gasteiger partial charge on any atom is -0.395 e. The van der Waals surface area contributed by atoms with Gasteiger partial charge < -0.3 is 5.11 Å². The van der Waals surface area contributed by atoms with Gasteiger partial charge in [-0.1, -0.05) is 0 Å². The Morgan fingerprint density at radius 3 is 2.57 bits per heavy atom. The summed E-state index contributed by atoms with van der Waals surface area (Å²) < 4.78 is 25.5. The SMILES string of the molecule is Cc1cc(S(=O)(=O)NCCO)c(C)s1. The van der Waals surface area contributed by atoms with Crippen molar-refractivity contribution in [2.24, 2.45) is 0 Å². The Labute approximate surface area is 87.6 Å². The minimum absolute atomic E-state index is 0.0522. The van der Waals surface area contributed by atoms with Crippen molar-refractivity contribution >= 4 is 21.4 Å². The maximum absolute atomic E-state index is 11.6. The molecule has 4 nitrogen and oxygen atoms in total. The highest BCUT2D eigenvalue weighted by molar-refractivity contribution is 7.89. The van der Waals surface area contributed by atoms with E-state index >= 15 is 0 Å². The Kier molecular flexibility index (Phi) is 3.65. The second-order valence-corrected chi connectivity index (χ2v) is 6.09. The van der Waals surface area contributed by atoms with Gasteiger partial charge in [-0.3, -0.25) is 0 Å². The van der Waals surface area contributed by atoms with Gasteiger partial charge >= 0.3 is 0 Å². The number of thiophene rings is 1. The lowest BCUT2D eigenvalue weighted by Crippen LogP contribution is -2.26.